The lowest BCUT2D eigenvalue weighted by Gasteiger charge is -2.20. The van der Waals surface area contributed by atoms with Crippen molar-refractivity contribution < 1.29 is 5.11 Å². The van der Waals surface area contributed by atoms with E-state index in [-0.39, 0.29) is 5.92 Å². The van der Waals surface area contributed by atoms with Gasteiger partial charge in [0.2, 0.25) is 0 Å². The zero-order valence-electron chi connectivity index (χ0n) is 11.9. The van der Waals surface area contributed by atoms with Crippen molar-refractivity contribution in [2.24, 2.45) is 0 Å². The Morgan fingerprint density at radius 1 is 1.40 bits per heavy atom. The molecule has 0 aliphatic heterocycles. The summed E-state index contributed by atoms with van der Waals surface area (Å²) in [6.45, 7) is 3.94. The maximum absolute atomic E-state index is 10.8. The highest BCUT2D eigenvalue weighted by Crippen LogP contribution is 2.40. The zero-order chi connectivity index (χ0) is 14.1. The van der Waals surface area contributed by atoms with E-state index in [2.05, 4.69) is 21.2 Å². The summed E-state index contributed by atoms with van der Waals surface area (Å²) in [7, 11) is 0. The minimum absolute atomic E-state index is 0.0695. The molecule has 3 rings (SSSR count). The summed E-state index contributed by atoms with van der Waals surface area (Å²) in [4.78, 5) is 4.47. The number of aliphatic hydroxyl groups excluding tert-OH is 1. The van der Waals surface area contributed by atoms with Crippen molar-refractivity contribution in [3.63, 3.8) is 0 Å². The van der Waals surface area contributed by atoms with Crippen molar-refractivity contribution in [2.75, 3.05) is 0 Å². The molecule has 2 heterocycles. The number of aromatic nitrogens is 3. The van der Waals surface area contributed by atoms with Gasteiger partial charge >= 0.3 is 0 Å². The normalized spacial score (nSPS) is 18.9. The molecule has 4 nitrogen and oxygen atoms in total. The van der Waals surface area contributed by atoms with E-state index in [0.717, 1.165) is 41.9 Å². The van der Waals surface area contributed by atoms with Gasteiger partial charge in [-0.2, -0.15) is 10.2 Å². The average Bonchev–Trinajstić information content (AvgIpc) is 2.90. The van der Waals surface area contributed by atoms with Crippen LogP contribution in [0.4, 0.5) is 0 Å². The summed E-state index contributed by atoms with van der Waals surface area (Å²) in [6.07, 6.45) is 3.97. The van der Waals surface area contributed by atoms with Gasteiger partial charge < -0.3 is 5.11 Å². The first-order valence-electron chi connectivity index (χ1n) is 7.15. The van der Waals surface area contributed by atoms with Crippen LogP contribution >= 0.6 is 0 Å². The van der Waals surface area contributed by atoms with Crippen LogP contribution in [0.2, 0.25) is 0 Å². The monoisotopic (exact) mass is 269 g/mol. The highest BCUT2D eigenvalue weighted by molar-refractivity contribution is 5.34. The molecule has 1 aliphatic carbocycles. The van der Waals surface area contributed by atoms with Gasteiger partial charge in [0, 0.05) is 23.4 Å². The molecule has 0 radical (unpaired) electrons. The summed E-state index contributed by atoms with van der Waals surface area (Å²) in [6, 6.07) is 6.02. The molecule has 2 unspecified atom stereocenters. The van der Waals surface area contributed by atoms with E-state index in [1.165, 1.54) is 5.56 Å². The number of aliphatic hydroxyl groups is 1. The molecule has 2 atom stereocenters. The molecule has 0 fully saturated rings. The molecule has 1 N–H and O–H groups in total. The first kappa shape index (κ1) is 13.2. The highest BCUT2D eigenvalue weighted by Gasteiger charge is 2.32. The minimum atomic E-state index is -0.546. The van der Waals surface area contributed by atoms with Gasteiger partial charge in [0.15, 0.2) is 0 Å². The molecular formula is C16H19N3O. The lowest BCUT2D eigenvalue weighted by atomic mass is 9.92. The van der Waals surface area contributed by atoms with E-state index < -0.39 is 6.10 Å². The van der Waals surface area contributed by atoms with Crippen molar-refractivity contribution in [1.29, 1.82) is 0 Å². The number of aryl methyl sites for hydroxylation is 3. The molecular weight excluding hydrogens is 250 g/mol. The second-order valence-electron chi connectivity index (χ2n) is 5.38. The van der Waals surface area contributed by atoms with Gasteiger partial charge in [-0.05, 0) is 43.9 Å². The molecule has 0 aromatic carbocycles. The quantitative estimate of drug-likeness (QED) is 0.930. The van der Waals surface area contributed by atoms with Gasteiger partial charge in [0.25, 0.3) is 0 Å². The van der Waals surface area contributed by atoms with Gasteiger partial charge in [-0.1, -0.05) is 13.0 Å². The molecule has 0 saturated heterocycles. The number of rotatable bonds is 3. The molecule has 2 aromatic rings. The summed E-state index contributed by atoms with van der Waals surface area (Å²) in [5.74, 6) is 0.0695. The number of hydrogen-bond donors (Lipinski definition) is 1. The Labute approximate surface area is 118 Å². The molecule has 20 heavy (non-hydrogen) atoms. The number of pyridine rings is 1. The van der Waals surface area contributed by atoms with Crippen LogP contribution in [0.3, 0.4) is 0 Å². The van der Waals surface area contributed by atoms with E-state index in [1.807, 2.05) is 26.0 Å². The summed E-state index contributed by atoms with van der Waals surface area (Å²) in [5.41, 5.74) is 4.93. The van der Waals surface area contributed by atoms with Crippen molar-refractivity contribution >= 4 is 0 Å². The van der Waals surface area contributed by atoms with E-state index in [1.54, 1.807) is 6.20 Å². The second kappa shape index (κ2) is 5.29. The van der Waals surface area contributed by atoms with E-state index >= 15 is 0 Å². The van der Waals surface area contributed by atoms with Gasteiger partial charge in [-0.25, -0.2) is 0 Å². The van der Waals surface area contributed by atoms with Crippen LogP contribution in [0.1, 0.15) is 53.6 Å². The first-order chi connectivity index (χ1) is 9.70. The van der Waals surface area contributed by atoms with Crippen LogP contribution in [0.5, 0.6) is 0 Å². The third kappa shape index (κ3) is 2.20. The van der Waals surface area contributed by atoms with Crippen LogP contribution in [0, 0.1) is 6.92 Å². The predicted molar refractivity (Wildman–Crippen MR) is 76.4 cm³/mol. The van der Waals surface area contributed by atoms with Crippen LogP contribution in [-0.2, 0) is 12.8 Å². The van der Waals surface area contributed by atoms with E-state index in [4.69, 9.17) is 0 Å². The fourth-order valence-corrected chi connectivity index (χ4v) is 3.03. The van der Waals surface area contributed by atoms with Crippen LogP contribution in [0.15, 0.2) is 24.4 Å². The topological polar surface area (TPSA) is 58.9 Å². The number of hydrogen-bond acceptors (Lipinski definition) is 4. The highest BCUT2D eigenvalue weighted by atomic mass is 16.3. The SMILES string of the molecule is CCc1nnc(C)cc1C(O)C1CCc2cccnc21. The van der Waals surface area contributed by atoms with Crippen molar-refractivity contribution in [3.8, 4) is 0 Å². The predicted octanol–water partition coefficient (Wildman–Crippen LogP) is 2.51. The average molecular weight is 269 g/mol. The summed E-state index contributed by atoms with van der Waals surface area (Å²) >= 11 is 0. The molecule has 0 amide bonds. The smallest absolute Gasteiger partial charge is 0.0892 e. The Hall–Kier alpha value is -1.81. The lowest BCUT2D eigenvalue weighted by Crippen LogP contribution is -2.13. The molecule has 0 spiro atoms. The third-order valence-electron chi connectivity index (χ3n) is 4.06. The van der Waals surface area contributed by atoms with Crippen LogP contribution < -0.4 is 0 Å². The number of fused-ring (bicyclic) bond motifs is 1. The third-order valence-corrected chi connectivity index (χ3v) is 4.06. The van der Waals surface area contributed by atoms with Crippen molar-refractivity contribution in [3.05, 3.63) is 52.6 Å². The minimum Gasteiger partial charge on any atom is -0.388 e. The first-order valence-corrected chi connectivity index (χ1v) is 7.15. The Kier molecular flexibility index (Phi) is 3.49. The Bertz CT molecular complexity index is 627. The molecule has 104 valence electrons. The fraction of sp³-hybridized carbons (Fsp3) is 0.438. The fourth-order valence-electron chi connectivity index (χ4n) is 3.03. The van der Waals surface area contributed by atoms with Crippen LogP contribution in [0.25, 0.3) is 0 Å². The summed E-state index contributed by atoms with van der Waals surface area (Å²) < 4.78 is 0. The largest absolute Gasteiger partial charge is 0.388 e. The maximum atomic E-state index is 10.8. The van der Waals surface area contributed by atoms with Gasteiger partial charge in [0.1, 0.15) is 0 Å². The van der Waals surface area contributed by atoms with Gasteiger partial charge in [-0.3, -0.25) is 4.98 Å². The lowest BCUT2D eigenvalue weighted by molar-refractivity contribution is 0.141. The molecule has 0 bridgehead atoms. The van der Waals surface area contributed by atoms with E-state index in [0.29, 0.717) is 0 Å². The maximum Gasteiger partial charge on any atom is 0.0892 e. The van der Waals surface area contributed by atoms with Crippen molar-refractivity contribution in [2.45, 2.75) is 45.1 Å². The Balaban J connectivity index is 1.98. The van der Waals surface area contributed by atoms with Gasteiger partial charge in [-0.15, -0.1) is 0 Å². The molecule has 2 aromatic heterocycles. The molecule has 0 saturated carbocycles. The van der Waals surface area contributed by atoms with Crippen LogP contribution in [-0.4, -0.2) is 20.3 Å². The van der Waals surface area contributed by atoms with E-state index in [9.17, 15) is 5.11 Å². The molecule has 4 heteroatoms. The summed E-state index contributed by atoms with van der Waals surface area (Å²) in [5, 5.41) is 19.1. The zero-order valence-corrected chi connectivity index (χ0v) is 11.9. The standard InChI is InChI=1S/C16H19N3O/c1-3-14-13(9-10(2)18-19-14)16(20)12-7-6-11-5-4-8-17-15(11)12/h4-5,8-9,12,16,20H,3,6-7H2,1-2H3. The Morgan fingerprint density at radius 3 is 3.05 bits per heavy atom. The number of nitrogens with zero attached hydrogens (tertiary/aromatic N) is 3. The Morgan fingerprint density at radius 2 is 2.25 bits per heavy atom. The molecule has 1 aliphatic rings. The second-order valence-corrected chi connectivity index (χ2v) is 5.38. The van der Waals surface area contributed by atoms with Crippen molar-refractivity contribution in [1.82, 2.24) is 15.2 Å². The van der Waals surface area contributed by atoms with Gasteiger partial charge in [0.05, 0.1) is 17.5 Å².